The average molecular weight is 263 g/mol. The molecule has 1 aliphatic heterocycles. The molecule has 2 rings (SSSR count). The number of amides is 1. The molecule has 0 aromatic carbocycles. The predicted octanol–water partition coefficient (Wildman–Crippen LogP) is 0.789. The molecular weight excluding hydrogens is 246 g/mol. The normalized spacial score (nSPS) is 28.2. The third kappa shape index (κ3) is 3.32. The number of hydrogen-bond donors (Lipinski definition) is 0. The topological polar surface area (TPSA) is 72.9 Å². The van der Waals surface area contributed by atoms with Crippen molar-refractivity contribution in [1.29, 1.82) is 0 Å². The van der Waals surface area contributed by atoms with Crippen LogP contribution in [-0.2, 0) is 19.0 Å². The first-order chi connectivity index (χ1) is 7.96. The third-order valence-corrected chi connectivity index (χ3v) is 3.95. The first-order valence-corrected chi connectivity index (χ1v) is 7.53. The Kier molecular flexibility index (Phi) is 3.58. The van der Waals surface area contributed by atoms with E-state index in [0.29, 0.717) is 11.8 Å². The first kappa shape index (κ1) is 12.6. The SMILES string of the molecule is CS(=O)(=O)OCOC(=O)N1CC2CCCC2C1. The summed E-state index contributed by atoms with van der Waals surface area (Å²) in [6, 6.07) is 0. The fourth-order valence-electron chi connectivity index (χ4n) is 2.64. The molecule has 98 valence electrons. The molecular formula is C10H17NO5S. The van der Waals surface area contributed by atoms with Crippen LogP contribution in [0.4, 0.5) is 4.79 Å². The Balaban J connectivity index is 1.74. The summed E-state index contributed by atoms with van der Waals surface area (Å²) in [6.07, 6.45) is 4.03. The van der Waals surface area contributed by atoms with Gasteiger partial charge in [0.05, 0.1) is 6.26 Å². The van der Waals surface area contributed by atoms with E-state index in [1.165, 1.54) is 19.3 Å². The number of ether oxygens (including phenoxy) is 1. The van der Waals surface area contributed by atoms with Gasteiger partial charge in [-0.05, 0) is 24.7 Å². The van der Waals surface area contributed by atoms with Crippen molar-refractivity contribution in [3.63, 3.8) is 0 Å². The lowest BCUT2D eigenvalue weighted by Gasteiger charge is -2.16. The van der Waals surface area contributed by atoms with Crippen LogP contribution in [0.5, 0.6) is 0 Å². The number of rotatable bonds is 3. The fourth-order valence-corrected chi connectivity index (χ4v) is 2.86. The van der Waals surface area contributed by atoms with Gasteiger partial charge in [0.1, 0.15) is 0 Å². The van der Waals surface area contributed by atoms with Gasteiger partial charge in [-0.15, -0.1) is 0 Å². The van der Waals surface area contributed by atoms with E-state index < -0.39 is 23.0 Å². The summed E-state index contributed by atoms with van der Waals surface area (Å²) < 4.78 is 30.4. The van der Waals surface area contributed by atoms with Gasteiger partial charge >= 0.3 is 6.09 Å². The molecule has 2 unspecified atom stereocenters. The van der Waals surface area contributed by atoms with E-state index in [1.807, 2.05) is 0 Å². The second-order valence-electron chi connectivity index (χ2n) is 4.71. The molecule has 0 radical (unpaired) electrons. The molecule has 0 bridgehead atoms. The van der Waals surface area contributed by atoms with Crippen molar-refractivity contribution in [2.75, 3.05) is 26.1 Å². The number of hydrogen-bond acceptors (Lipinski definition) is 5. The summed E-state index contributed by atoms with van der Waals surface area (Å²) >= 11 is 0. The van der Waals surface area contributed by atoms with Gasteiger partial charge in [0.2, 0.25) is 6.79 Å². The van der Waals surface area contributed by atoms with Crippen LogP contribution in [0.15, 0.2) is 0 Å². The molecule has 1 saturated heterocycles. The Morgan fingerprint density at radius 1 is 1.29 bits per heavy atom. The van der Waals surface area contributed by atoms with Crippen LogP contribution in [0.25, 0.3) is 0 Å². The smallest absolute Gasteiger partial charge is 0.411 e. The zero-order chi connectivity index (χ0) is 12.5. The molecule has 7 heteroatoms. The summed E-state index contributed by atoms with van der Waals surface area (Å²) in [7, 11) is -3.55. The molecule has 0 N–H and O–H groups in total. The van der Waals surface area contributed by atoms with Crippen molar-refractivity contribution in [3.8, 4) is 0 Å². The Morgan fingerprint density at radius 2 is 1.88 bits per heavy atom. The highest BCUT2D eigenvalue weighted by atomic mass is 32.2. The maximum absolute atomic E-state index is 11.6. The molecule has 6 nitrogen and oxygen atoms in total. The number of nitrogens with zero attached hydrogens (tertiary/aromatic N) is 1. The number of carbonyl (C=O) groups excluding carboxylic acids is 1. The van der Waals surface area contributed by atoms with E-state index >= 15 is 0 Å². The van der Waals surface area contributed by atoms with E-state index in [-0.39, 0.29) is 0 Å². The molecule has 1 aliphatic carbocycles. The van der Waals surface area contributed by atoms with Crippen molar-refractivity contribution in [2.45, 2.75) is 19.3 Å². The lowest BCUT2D eigenvalue weighted by atomic mass is 10.0. The molecule has 0 aromatic rings. The molecule has 2 atom stereocenters. The van der Waals surface area contributed by atoms with Gasteiger partial charge in [-0.1, -0.05) is 6.42 Å². The summed E-state index contributed by atoms with van der Waals surface area (Å²) in [6.45, 7) is 0.911. The first-order valence-electron chi connectivity index (χ1n) is 5.72. The third-order valence-electron chi connectivity index (χ3n) is 3.43. The van der Waals surface area contributed by atoms with Crippen LogP contribution in [0.3, 0.4) is 0 Å². The minimum Gasteiger partial charge on any atom is -0.421 e. The maximum Gasteiger partial charge on any atom is 0.411 e. The molecule has 0 spiro atoms. The molecule has 0 aromatic heterocycles. The van der Waals surface area contributed by atoms with Crippen molar-refractivity contribution >= 4 is 16.2 Å². The van der Waals surface area contributed by atoms with Crippen molar-refractivity contribution < 1.29 is 22.1 Å². The largest absolute Gasteiger partial charge is 0.421 e. The van der Waals surface area contributed by atoms with Crippen LogP contribution in [0.1, 0.15) is 19.3 Å². The van der Waals surface area contributed by atoms with E-state index in [9.17, 15) is 13.2 Å². The highest BCUT2D eigenvalue weighted by molar-refractivity contribution is 7.85. The van der Waals surface area contributed by atoms with Gasteiger partial charge in [-0.3, -0.25) is 0 Å². The monoisotopic (exact) mass is 263 g/mol. The Morgan fingerprint density at radius 3 is 2.41 bits per heavy atom. The minimum atomic E-state index is -3.55. The van der Waals surface area contributed by atoms with Gasteiger partial charge in [-0.25, -0.2) is 8.98 Å². The standard InChI is InChI=1S/C10H17NO5S/c1-17(13,14)16-7-15-10(12)11-5-8-3-2-4-9(8)6-11/h8-9H,2-7H2,1H3. The molecule has 17 heavy (non-hydrogen) atoms. The molecule has 2 aliphatic rings. The van der Waals surface area contributed by atoms with Crippen LogP contribution < -0.4 is 0 Å². The number of carbonyl (C=O) groups is 1. The van der Waals surface area contributed by atoms with Crippen LogP contribution in [-0.4, -0.2) is 45.5 Å². The Bertz CT molecular complexity index is 382. The Hall–Kier alpha value is -0.820. The zero-order valence-electron chi connectivity index (χ0n) is 9.79. The van der Waals surface area contributed by atoms with Gasteiger partial charge in [0, 0.05) is 13.1 Å². The second kappa shape index (κ2) is 4.81. The van der Waals surface area contributed by atoms with E-state index in [4.69, 9.17) is 4.74 Å². The lowest BCUT2D eigenvalue weighted by molar-refractivity contribution is 0.0417. The van der Waals surface area contributed by atoms with Gasteiger partial charge < -0.3 is 9.64 Å². The predicted molar refractivity (Wildman–Crippen MR) is 59.7 cm³/mol. The average Bonchev–Trinajstić information content (AvgIpc) is 2.73. The summed E-state index contributed by atoms with van der Waals surface area (Å²) in [5, 5.41) is 0. The van der Waals surface area contributed by atoms with Crippen LogP contribution in [0.2, 0.25) is 0 Å². The zero-order valence-corrected chi connectivity index (χ0v) is 10.6. The molecule has 1 heterocycles. The second-order valence-corrected chi connectivity index (χ2v) is 6.35. The quantitative estimate of drug-likeness (QED) is 0.556. The van der Waals surface area contributed by atoms with Crippen molar-refractivity contribution in [3.05, 3.63) is 0 Å². The van der Waals surface area contributed by atoms with E-state index in [2.05, 4.69) is 4.18 Å². The maximum atomic E-state index is 11.6. The van der Waals surface area contributed by atoms with Crippen molar-refractivity contribution in [1.82, 2.24) is 4.90 Å². The van der Waals surface area contributed by atoms with Gasteiger partial charge in [0.25, 0.3) is 10.1 Å². The van der Waals surface area contributed by atoms with Crippen LogP contribution >= 0.6 is 0 Å². The number of likely N-dealkylation sites (tertiary alicyclic amines) is 1. The Labute approximate surface area is 101 Å². The fraction of sp³-hybridized carbons (Fsp3) is 0.900. The summed E-state index contributed by atoms with van der Waals surface area (Å²) in [4.78, 5) is 13.2. The molecule has 2 fully saturated rings. The van der Waals surface area contributed by atoms with Gasteiger partial charge in [0.15, 0.2) is 0 Å². The van der Waals surface area contributed by atoms with E-state index in [1.54, 1.807) is 4.90 Å². The molecule has 1 amide bonds. The highest BCUT2D eigenvalue weighted by Crippen LogP contribution is 2.37. The highest BCUT2D eigenvalue weighted by Gasteiger charge is 2.38. The number of fused-ring (bicyclic) bond motifs is 1. The van der Waals surface area contributed by atoms with Gasteiger partial charge in [-0.2, -0.15) is 8.42 Å². The van der Waals surface area contributed by atoms with E-state index in [0.717, 1.165) is 19.3 Å². The van der Waals surface area contributed by atoms with Crippen molar-refractivity contribution in [2.24, 2.45) is 11.8 Å². The molecule has 1 saturated carbocycles. The summed E-state index contributed by atoms with van der Waals surface area (Å²) in [5.74, 6) is 1.19. The lowest BCUT2D eigenvalue weighted by Crippen LogP contribution is -2.31. The van der Waals surface area contributed by atoms with Crippen LogP contribution in [0, 0.1) is 11.8 Å². The minimum absolute atomic E-state index is 0.483. The summed E-state index contributed by atoms with van der Waals surface area (Å²) in [5.41, 5.74) is 0.